The predicted octanol–water partition coefficient (Wildman–Crippen LogP) is 4.35. The molecule has 0 aromatic heterocycles. The van der Waals surface area contributed by atoms with Gasteiger partial charge in [0, 0.05) is 16.1 Å². The standard InChI is InChI=1S/C17H20BrNO/c1-3-20-17-11-7-5-9-14(17)16(19-2)12-13-8-4-6-10-15(13)18/h4-11,16,19H,3,12H2,1-2H3. The molecule has 106 valence electrons. The lowest BCUT2D eigenvalue weighted by Crippen LogP contribution is -2.20. The topological polar surface area (TPSA) is 21.3 Å². The largest absolute Gasteiger partial charge is 0.494 e. The molecule has 1 N–H and O–H groups in total. The van der Waals surface area contributed by atoms with Crippen molar-refractivity contribution >= 4 is 15.9 Å². The number of halogens is 1. The molecular formula is C17H20BrNO. The van der Waals surface area contributed by atoms with Crippen molar-refractivity contribution in [3.8, 4) is 5.75 Å². The average molecular weight is 334 g/mol. The molecule has 0 spiro atoms. The van der Waals surface area contributed by atoms with Crippen molar-refractivity contribution in [3.05, 3.63) is 64.1 Å². The maximum absolute atomic E-state index is 5.74. The minimum Gasteiger partial charge on any atom is -0.494 e. The summed E-state index contributed by atoms with van der Waals surface area (Å²) in [5.74, 6) is 0.960. The lowest BCUT2D eigenvalue weighted by atomic mass is 9.98. The van der Waals surface area contributed by atoms with Crippen molar-refractivity contribution in [3.63, 3.8) is 0 Å². The van der Waals surface area contributed by atoms with Crippen LogP contribution >= 0.6 is 15.9 Å². The van der Waals surface area contributed by atoms with Crippen molar-refractivity contribution in [2.75, 3.05) is 13.7 Å². The first-order chi connectivity index (χ1) is 9.76. The van der Waals surface area contributed by atoms with Crippen LogP contribution in [0.1, 0.15) is 24.1 Å². The van der Waals surface area contributed by atoms with E-state index in [0.717, 1.165) is 16.6 Å². The Balaban J connectivity index is 2.27. The monoisotopic (exact) mass is 333 g/mol. The molecule has 20 heavy (non-hydrogen) atoms. The second-order valence-electron chi connectivity index (χ2n) is 4.61. The van der Waals surface area contributed by atoms with Crippen molar-refractivity contribution in [1.29, 1.82) is 0 Å². The molecule has 0 heterocycles. The Kier molecular flexibility index (Phi) is 5.62. The second-order valence-corrected chi connectivity index (χ2v) is 5.46. The molecule has 0 amide bonds. The minimum absolute atomic E-state index is 0.233. The maximum Gasteiger partial charge on any atom is 0.124 e. The number of nitrogens with one attached hydrogen (secondary N) is 1. The Morgan fingerprint density at radius 2 is 1.80 bits per heavy atom. The second kappa shape index (κ2) is 7.46. The molecule has 0 saturated carbocycles. The van der Waals surface area contributed by atoms with Crippen LogP contribution < -0.4 is 10.1 Å². The highest BCUT2D eigenvalue weighted by molar-refractivity contribution is 9.10. The molecule has 2 nitrogen and oxygen atoms in total. The molecule has 3 heteroatoms. The molecule has 1 unspecified atom stereocenters. The summed E-state index contributed by atoms with van der Waals surface area (Å²) >= 11 is 3.62. The highest BCUT2D eigenvalue weighted by Crippen LogP contribution is 2.29. The highest BCUT2D eigenvalue weighted by Gasteiger charge is 2.15. The maximum atomic E-state index is 5.74. The Morgan fingerprint density at radius 3 is 2.50 bits per heavy atom. The molecule has 0 aliphatic carbocycles. The summed E-state index contributed by atoms with van der Waals surface area (Å²) in [6.07, 6.45) is 0.919. The number of para-hydroxylation sites is 1. The summed E-state index contributed by atoms with van der Waals surface area (Å²) in [5, 5.41) is 3.39. The van der Waals surface area contributed by atoms with E-state index in [2.05, 4.69) is 51.6 Å². The lowest BCUT2D eigenvalue weighted by Gasteiger charge is -2.20. The van der Waals surface area contributed by atoms with Gasteiger partial charge in [0.2, 0.25) is 0 Å². The third kappa shape index (κ3) is 3.62. The van der Waals surface area contributed by atoms with E-state index in [0.29, 0.717) is 6.61 Å². The van der Waals surface area contributed by atoms with E-state index in [9.17, 15) is 0 Å². The van der Waals surface area contributed by atoms with Gasteiger partial charge in [-0.3, -0.25) is 0 Å². The fraction of sp³-hybridized carbons (Fsp3) is 0.294. The first kappa shape index (κ1) is 15.1. The molecule has 0 fully saturated rings. The van der Waals surface area contributed by atoms with Crippen LogP contribution in [0.2, 0.25) is 0 Å². The van der Waals surface area contributed by atoms with Crippen LogP contribution in [-0.4, -0.2) is 13.7 Å². The fourth-order valence-corrected chi connectivity index (χ4v) is 2.75. The van der Waals surface area contributed by atoms with Crippen LogP contribution in [0.15, 0.2) is 53.0 Å². The van der Waals surface area contributed by atoms with Crippen LogP contribution in [0.3, 0.4) is 0 Å². The SMILES string of the molecule is CCOc1ccccc1C(Cc1ccccc1Br)NC. The van der Waals surface area contributed by atoms with Gasteiger partial charge >= 0.3 is 0 Å². The summed E-state index contributed by atoms with van der Waals surface area (Å²) < 4.78 is 6.88. The molecule has 2 rings (SSSR count). The van der Waals surface area contributed by atoms with Gasteiger partial charge in [-0.25, -0.2) is 0 Å². The summed E-state index contributed by atoms with van der Waals surface area (Å²) in [6, 6.07) is 16.8. The summed E-state index contributed by atoms with van der Waals surface area (Å²) in [7, 11) is 1.99. The van der Waals surface area contributed by atoms with Crippen LogP contribution in [0, 0.1) is 0 Å². The summed E-state index contributed by atoms with van der Waals surface area (Å²) in [6.45, 7) is 2.70. The smallest absolute Gasteiger partial charge is 0.124 e. The minimum atomic E-state index is 0.233. The Bertz CT molecular complexity index is 556. The Hall–Kier alpha value is -1.32. The van der Waals surface area contributed by atoms with Gasteiger partial charge in [0.05, 0.1) is 6.61 Å². The number of hydrogen-bond acceptors (Lipinski definition) is 2. The average Bonchev–Trinajstić information content (AvgIpc) is 2.48. The third-order valence-corrected chi connectivity index (χ3v) is 4.10. The number of rotatable bonds is 6. The van der Waals surface area contributed by atoms with Crippen LogP contribution in [0.25, 0.3) is 0 Å². The van der Waals surface area contributed by atoms with Gasteiger partial charge in [-0.2, -0.15) is 0 Å². The van der Waals surface area contributed by atoms with E-state index in [-0.39, 0.29) is 6.04 Å². The number of hydrogen-bond donors (Lipinski definition) is 1. The lowest BCUT2D eigenvalue weighted by molar-refractivity contribution is 0.332. The zero-order chi connectivity index (χ0) is 14.4. The summed E-state index contributed by atoms with van der Waals surface area (Å²) in [5.41, 5.74) is 2.49. The molecule has 2 aromatic rings. The van der Waals surface area contributed by atoms with Crippen molar-refractivity contribution < 1.29 is 4.74 Å². The fourth-order valence-electron chi connectivity index (χ4n) is 2.31. The molecule has 1 atom stereocenters. The molecule has 0 aliphatic rings. The van der Waals surface area contributed by atoms with E-state index in [1.54, 1.807) is 0 Å². The number of ether oxygens (including phenoxy) is 1. The van der Waals surface area contributed by atoms with Crippen LogP contribution in [0.5, 0.6) is 5.75 Å². The third-order valence-electron chi connectivity index (χ3n) is 3.32. The van der Waals surface area contributed by atoms with Gasteiger partial charge < -0.3 is 10.1 Å². The first-order valence-corrected chi connectivity index (χ1v) is 7.68. The van der Waals surface area contributed by atoms with Gasteiger partial charge in [0.25, 0.3) is 0 Å². The van der Waals surface area contributed by atoms with Gasteiger partial charge in [-0.1, -0.05) is 52.3 Å². The normalized spacial score (nSPS) is 12.2. The molecule has 0 bridgehead atoms. The Labute approximate surface area is 129 Å². The van der Waals surface area contributed by atoms with Gasteiger partial charge in [-0.15, -0.1) is 0 Å². The molecule has 0 aliphatic heterocycles. The van der Waals surface area contributed by atoms with Crippen LogP contribution in [0.4, 0.5) is 0 Å². The molecular weight excluding hydrogens is 314 g/mol. The van der Waals surface area contributed by atoms with Crippen molar-refractivity contribution in [2.45, 2.75) is 19.4 Å². The van der Waals surface area contributed by atoms with E-state index in [1.807, 2.05) is 32.2 Å². The zero-order valence-electron chi connectivity index (χ0n) is 11.9. The highest BCUT2D eigenvalue weighted by atomic mass is 79.9. The quantitative estimate of drug-likeness (QED) is 0.848. The van der Waals surface area contributed by atoms with Gasteiger partial charge in [0.1, 0.15) is 5.75 Å². The first-order valence-electron chi connectivity index (χ1n) is 6.88. The van der Waals surface area contributed by atoms with Gasteiger partial charge in [-0.05, 0) is 38.1 Å². The number of likely N-dealkylation sites (N-methyl/N-ethyl adjacent to an activating group) is 1. The predicted molar refractivity (Wildman–Crippen MR) is 87.3 cm³/mol. The van der Waals surface area contributed by atoms with E-state index in [1.165, 1.54) is 11.1 Å². The van der Waals surface area contributed by atoms with E-state index in [4.69, 9.17) is 4.74 Å². The van der Waals surface area contributed by atoms with Crippen LogP contribution in [-0.2, 0) is 6.42 Å². The van der Waals surface area contributed by atoms with E-state index < -0.39 is 0 Å². The van der Waals surface area contributed by atoms with E-state index >= 15 is 0 Å². The van der Waals surface area contributed by atoms with Gasteiger partial charge in [0.15, 0.2) is 0 Å². The summed E-state index contributed by atoms with van der Waals surface area (Å²) in [4.78, 5) is 0. The van der Waals surface area contributed by atoms with Crippen molar-refractivity contribution in [1.82, 2.24) is 5.32 Å². The molecule has 0 radical (unpaired) electrons. The molecule has 2 aromatic carbocycles. The molecule has 0 saturated heterocycles. The Morgan fingerprint density at radius 1 is 1.10 bits per heavy atom. The number of benzene rings is 2. The zero-order valence-corrected chi connectivity index (χ0v) is 13.5. The van der Waals surface area contributed by atoms with Crippen molar-refractivity contribution in [2.24, 2.45) is 0 Å².